The molecule has 0 saturated carbocycles. The van der Waals surface area contributed by atoms with E-state index < -0.39 is 23.7 Å². The number of hydrogen-bond donors (Lipinski definition) is 1. The van der Waals surface area contributed by atoms with E-state index in [-0.39, 0.29) is 12.0 Å². The van der Waals surface area contributed by atoms with Crippen molar-refractivity contribution in [2.75, 3.05) is 0 Å². The van der Waals surface area contributed by atoms with Crippen LogP contribution in [0.4, 0.5) is 8.78 Å². The Bertz CT molecular complexity index is 422. The minimum absolute atomic E-state index is 0.0634. The van der Waals surface area contributed by atoms with Crippen molar-refractivity contribution in [3.63, 3.8) is 0 Å². The number of carbonyl (C=O) groups is 1. The third kappa shape index (κ3) is 4.09. The van der Waals surface area contributed by atoms with Gasteiger partial charge < -0.3 is 5.11 Å². The number of hydrogen-bond acceptors (Lipinski definition) is 1. The van der Waals surface area contributed by atoms with Gasteiger partial charge in [-0.3, -0.25) is 4.79 Å². The largest absolute Gasteiger partial charge is 0.481 e. The van der Waals surface area contributed by atoms with Crippen LogP contribution in [0.25, 0.3) is 0 Å². The lowest BCUT2D eigenvalue weighted by Crippen LogP contribution is -2.26. The standard InChI is InChI=1S/C14H18F2O2/c1-10-4-6-11(7-5-10)14(15,16)9-13(2,3)8-12(17)18/h4-7H,8-9H2,1-3H3,(H,17,18). The van der Waals surface area contributed by atoms with E-state index in [0.717, 1.165) is 5.56 Å². The zero-order chi connectivity index (χ0) is 14.0. The van der Waals surface area contributed by atoms with E-state index in [9.17, 15) is 13.6 Å². The molecule has 1 aromatic carbocycles. The average molecular weight is 256 g/mol. The van der Waals surface area contributed by atoms with Gasteiger partial charge in [0.2, 0.25) is 0 Å². The van der Waals surface area contributed by atoms with Crippen LogP contribution < -0.4 is 0 Å². The highest BCUT2D eigenvalue weighted by Crippen LogP contribution is 2.41. The first-order chi connectivity index (χ1) is 8.12. The molecule has 0 aromatic heterocycles. The van der Waals surface area contributed by atoms with Crippen molar-refractivity contribution in [2.24, 2.45) is 5.41 Å². The summed E-state index contributed by atoms with van der Waals surface area (Å²) in [5.74, 6) is -4.06. The molecule has 18 heavy (non-hydrogen) atoms. The normalized spacial score (nSPS) is 12.5. The molecule has 0 unspecified atom stereocenters. The van der Waals surface area contributed by atoms with E-state index in [4.69, 9.17) is 5.11 Å². The van der Waals surface area contributed by atoms with Crippen LogP contribution in [0.2, 0.25) is 0 Å². The molecular weight excluding hydrogens is 238 g/mol. The first kappa shape index (κ1) is 14.6. The lowest BCUT2D eigenvalue weighted by atomic mass is 9.81. The van der Waals surface area contributed by atoms with Crippen molar-refractivity contribution in [2.45, 2.75) is 39.5 Å². The van der Waals surface area contributed by atoms with Crippen LogP contribution in [0.3, 0.4) is 0 Å². The third-order valence-electron chi connectivity index (χ3n) is 2.80. The van der Waals surface area contributed by atoms with Gasteiger partial charge in [0, 0.05) is 12.0 Å². The number of benzene rings is 1. The number of aryl methyl sites for hydroxylation is 1. The van der Waals surface area contributed by atoms with Crippen LogP contribution in [-0.4, -0.2) is 11.1 Å². The molecule has 1 aromatic rings. The Morgan fingerprint density at radius 2 is 1.72 bits per heavy atom. The fourth-order valence-corrected chi connectivity index (χ4v) is 1.97. The molecule has 0 atom stereocenters. The van der Waals surface area contributed by atoms with Crippen molar-refractivity contribution >= 4 is 5.97 Å². The summed E-state index contributed by atoms with van der Waals surface area (Å²) in [5, 5.41) is 8.71. The Kier molecular flexibility index (Phi) is 4.09. The molecule has 0 fully saturated rings. The number of halogens is 2. The summed E-state index contributed by atoms with van der Waals surface area (Å²) >= 11 is 0. The van der Waals surface area contributed by atoms with E-state index in [1.807, 2.05) is 6.92 Å². The average Bonchev–Trinajstić information content (AvgIpc) is 2.13. The highest BCUT2D eigenvalue weighted by atomic mass is 19.3. The lowest BCUT2D eigenvalue weighted by Gasteiger charge is -2.28. The number of rotatable bonds is 5. The van der Waals surface area contributed by atoms with Gasteiger partial charge in [0.25, 0.3) is 5.92 Å². The predicted molar refractivity (Wildman–Crippen MR) is 65.7 cm³/mol. The van der Waals surface area contributed by atoms with Crippen LogP contribution in [0.5, 0.6) is 0 Å². The highest BCUT2D eigenvalue weighted by Gasteiger charge is 2.39. The fraction of sp³-hybridized carbons (Fsp3) is 0.500. The predicted octanol–water partition coefficient (Wildman–Crippen LogP) is 3.98. The SMILES string of the molecule is Cc1ccc(C(F)(F)CC(C)(C)CC(=O)O)cc1. The summed E-state index contributed by atoms with van der Waals surface area (Å²) in [7, 11) is 0. The van der Waals surface area contributed by atoms with Crippen LogP contribution in [0.15, 0.2) is 24.3 Å². The monoisotopic (exact) mass is 256 g/mol. The Morgan fingerprint density at radius 3 is 2.17 bits per heavy atom. The van der Waals surface area contributed by atoms with Crippen LogP contribution in [-0.2, 0) is 10.7 Å². The van der Waals surface area contributed by atoms with Crippen molar-refractivity contribution in [3.8, 4) is 0 Å². The summed E-state index contributed by atoms with van der Waals surface area (Å²) in [6.45, 7) is 4.92. The van der Waals surface area contributed by atoms with Gasteiger partial charge in [-0.2, -0.15) is 0 Å². The smallest absolute Gasteiger partial charge is 0.303 e. The van der Waals surface area contributed by atoms with Crippen molar-refractivity contribution < 1.29 is 18.7 Å². The maximum Gasteiger partial charge on any atom is 0.303 e. The van der Waals surface area contributed by atoms with Gasteiger partial charge >= 0.3 is 5.97 Å². The Balaban J connectivity index is 2.87. The van der Waals surface area contributed by atoms with E-state index in [2.05, 4.69) is 0 Å². The summed E-state index contributed by atoms with van der Waals surface area (Å²) in [5.41, 5.74) is -0.0915. The van der Waals surface area contributed by atoms with Crippen LogP contribution in [0.1, 0.15) is 37.8 Å². The van der Waals surface area contributed by atoms with Crippen LogP contribution >= 0.6 is 0 Å². The quantitative estimate of drug-likeness (QED) is 0.865. The molecule has 0 radical (unpaired) electrons. The molecule has 4 heteroatoms. The minimum Gasteiger partial charge on any atom is -0.481 e. The van der Waals surface area contributed by atoms with E-state index in [0.29, 0.717) is 0 Å². The number of carboxylic acid groups (broad SMARTS) is 1. The molecular formula is C14H18F2O2. The molecule has 0 aliphatic heterocycles. The Hall–Kier alpha value is -1.45. The molecule has 0 heterocycles. The van der Waals surface area contributed by atoms with Gasteiger partial charge in [-0.25, -0.2) is 8.78 Å². The summed E-state index contributed by atoms with van der Waals surface area (Å²) in [6, 6.07) is 6.05. The number of aliphatic carboxylic acids is 1. The van der Waals surface area contributed by atoms with Crippen molar-refractivity contribution in [1.82, 2.24) is 0 Å². The van der Waals surface area contributed by atoms with Crippen molar-refractivity contribution in [1.29, 1.82) is 0 Å². The van der Waals surface area contributed by atoms with Gasteiger partial charge in [-0.05, 0) is 12.3 Å². The first-order valence-corrected chi connectivity index (χ1v) is 5.79. The second-order valence-corrected chi connectivity index (χ2v) is 5.48. The molecule has 0 spiro atoms. The van der Waals surface area contributed by atoms with E-state index in [1.165, 1.54) is 12.1 Å². The second-order valence-electron chi connectivity index (χ2n) is 5.48. The summed E-state index contributed by atoms with van der Waals surface area (Å²) < 4.78 is 28.1. The molecule has 0 amide bonds. The number of alkyl halides is 2. The molecule has 1 rings (SSSR count). The first-order valence-electron chi connectivity index (χ1n) is 5.79. The topological polar surface area (TPSA) is 37.3 Å². The summed E-state index contributed by atoms with van der Waals surface area (Å²) in [6.07, 6.45) is -0.746. The van der Waals surface area contributed by atoms with Gasteiger partial charge in [0.1, 0.15) is 0 Å². The van der Waals surface area contributed by atoms with Gasteiger partial charge in [-0.1, -0.05) is 43.7 Å². The Morgan fingerprint density at radius 1 is 1.22 bits per heavy atom. The number of carboxylic acids is 1. The molecule has 1 N–H and O–H groups in total. The third-order valence-corrected chi connectivity index (χ3v) is 2.80. The molecule has 2 nitrogen and oxygen atoms in total. The highest BCUT2D eigenvalue weighted by molar-refractivity contribution is 5.67. The molecule has 0 bridgehead atoms. The maximum atomic E-state index is 14.0. The Labute approximate surface area is 106 Å². The van der Waals surface area contributed by atoms with Gasteiger partial charge in [0.05, 0.1) is 6.42 Å². The maximum absolute atomic E-state index is 14.0. The summed E-state index contributed by atoms with van der Waals surface area (Å²) in [4.78, 5) is 10.6. The van der Waals surface area contributed by atoms with Crippen LogP contribution in [0, 0.1) is 12.3 Å². The van der Waals surface area contributed by atoms with Crippen molar-refractivity contribution in [3.05, 3.63) is 35.4 Å². The molecule has 0 saturated heterocycles. The minimum atomic E-state index is -3.01. The fourth-order valence-electron chi connectivity index (χ4n) is 1.97. The van der Waals surface area contributed by atoms with E-state index >= 15 is 0 Å². The molecule has 100 valence electrons. The zero-order valence-electron chi connectivity index (χ0n) is 10.8. The van der Waals surface area contributed by atoms with E-state index in [1.54, 1.807) is 26.0 Å². The molecule has 0 aliphatic carbocycles. The molecule has 0 aliphatic rings. The second kappa shape index (κ2) is 5.04. The van der Waals surface area contributed by atoms with Gasteiger partial charge in [0.15, 0.2) is 0 Å². The lowest BCUT2D eigenvalue weighted by molar-refractivity contribution is -0.140. The van der Waals surface area contributed by atoms with Gasteiger partial charge in [-0.15, -0.1) is 0 Å². The zero-order valence-corrected chi connectivity index (χ0v) is 10.8.